The number of phenols is 1. The van der Waals surface area contributed by atoms with Crippen LogP contribution in [-0.2, 0) is 6.67 Å². The van der Waals surface area contributed by atoms with Crippen molar-refractivity contribution < 1.29 is 19.7 Å². The van der Waals surface area contributed by atoms with Crippen molar-refractivity contribution >= 4 is 23.2 Å². The number of carbonyl (C=O) groups is 1. The summed E-state index contributed by atoms with van der Waals surface area (Å²) in [7, 11) is 0. The van der Waals surface area contributed by atoms with Crippen LogP contribution < -0.4 is 5.32 Å². The van der Waals surface area contributed by atoms with Crippen molar-refractivity contribution in [2.24, 2.45) is 0 Å². The summed E-state index contributed by atoms with van der Waals surface area (Å²) in [5, 5.41) is 40.9. The molecule has 0 aliphatic heterocycles. The van der Waals surface area contributed by atoms with Crippen LogP contribution in [0.3, 0.4) is 0 Å². The molecule has 0 aliphatic carbocycles. The Morgan fingerprint density at radius 1 is 1.15 bits per heavy atom. The highest BCUT2D eigenvalue weighted by Crippen LogP contribution is 2.28. The molecule has 27 heavy (non-hydrogen) atoms. The van der Waals surface area contributed by atoms with Gasteiger partial charge in [0.25, 0.3) is 11.6 Å². The first kappa shape index (κ1) is 17.5. The number of nitrogens with zero attached hydrogens (tertiary/aromatic N) is 7. The predicted molar refractivity (Wildman–Crippen MR) is 87.0 cm³/mol. The summed E-state index contributed by atoms with van der Waals surface area (Å²) in [5.41, 5.74) is -0.355. The fraction of sp³-hybridized carbons (Fsp3) is 0.0769. The number of nitro groups is 2. The Bertz CT molecular complexity index is 1040. The standard InChI is InChI=1S/C13H10N8O6/c22-11-5-8(20(24)25)1-2-9(11)15-12(23)10-3-4-18(16-10)7-19-6-14-13(17-19)21(26)27/h1-6,22H,7H2,(H,15,23). The van der Waals surface area contributed by atoms with Crippen molar-refractivity contribution in [3.05, 3.63) is 62.7 Å². The maximum absolute atomic E-state index is 12.2. The van der Waals surface area contributed by atoms with E-state index in [4.69, 9.17) is 0 Å². The van der Waals surface area contributed by atoms with Gasteiger partial charge in [-0.3, -0.25) is 14.9 Å². The van der Waals surface area contributed by atoms with E-state index in [2.05, 4.69) is 20.5 Å². The maximum atomic E-state index is 12.2. The van der Waals surface area contributed by atoms with E-state index in [1.807, 2.05) is 0 Å². The molecular formula is C13H10N8O6. The molecule has 0 bridgehead atoms. The fourth-order valence-corrected chi connectivity index (χ4v) is 2.07. The molecule has 2 N–H and O–H groups in total. The Morgan fingerprint density at radius 3 is 2.56 bits per heavy atom. The molecule has 14 nitrogen and oxygen atoms in total. The summed E-state index contributed by atoms with van der Waals surface area (Å²) in [4.78, 5) is 35.5. The SMILES string of the molecule is O=C(Nc1ccc([N+](=O)[O-])cc1O)c1ccn(Cn2cnc([N+](=O)[O-])n2)n1. The van der Waals surface area contributed by atoms with Crippen LogP contribution in [0.4, 0.5) is 17.3 Å². The molecule has 0 aliphatic rings. The molecule has 0 saturated carbocycles. The molecule has 2 aromatic heterocycles. The molecule has 3 rings (SSSR count). The van der Waals surface area contributed by atoms with E-state index in [9.17, 15) is 30.1 Å². The van der Waals surface area contributed by atoms with Gasteiger partial charge in [-0.2, -0.15) is 9.78 Å². The monoisotopic (exact) mass is 374 g/mol. The fourth-order valence-electron chi connectivity index (χ4n) is 2.07. The number of anilines is 1. The van der Waals surface area contributed by atoms with Crippen LogP contribution in [0.1, 0.15) is 10.5 Å². The minimum absolute atomic E-state index is 0.0117. The second-order valence-electron chi connectivity index (χ2n) is 5.14. The number of phenolic OH excluding ortho intramolecular Hbond substituents is 1. The molecule has 3 aromatic rings. The van der Waals surface area contributed by atoms with Gasteiger partial charge in [0.05, 0.1) is 16.7 Å². The molecule has 0 spiro atoms. The van der Waals surface area contributed by atoms with Crippen LogP contribution in [-0.4, -0.2) is 45.4 Å². The molecule has 1 amide bonds. The predicted octanol–water partition coefficient (Wildman–Crippen LogP) is 0.755. The van der Waals surface area contributed by atoms with Gasteiger partial charge in [-0.1, -0.05) is 4.98 Å². The molecular weight excluding hydrogens is 364 g/mol. The van der Waals surface area contributed by atoms with E-state index in [1.54, 1.807) is 0 Å². The number of nitrogens with one attached hydrogen (secondary N) is 1. The zero-order valence-electron chi connectivity index (χ0n) is 13.3. The summed E-state index contributed by atoms with van der Waals surface area (Å²) in [6.45, 7) is -0.0170. The molecule has 1 aromatic carbocycles. The number of nitro benzene ring substituents is 1. The number of aromatic hydroxyl groups is 1. The van der Waals surface area contributed by atoms with Gasteiger partial charge in [-0.05, 0) is 17.1 Å². The number of rotatable bonds is 6. The van der Waals surface area contributed by atoms with Gasteiger partial charge in [0.1, 0.15) is 5.75 Å². The topological polar surface area (TPSA) is 184 Å². The Balaban J connectivity index is 1.69. The van der Waals surface area contributed by atoms with Crippen LogP contribution in [0.5, 0.6) is 5.75 Å². The third-order valence-corrected chi connectivity index (χ3v) is 3.29. The lowest BCUT2D eigenvalue weighted by Crippen LogP contribution is -2.15. The third kappa shape index (κ3) is 3.84. The molecule has 0 radical (unpaired) electrons. The molecule has 0 unspecified atom stereocenters. The first-order chi connectivity index (χ1) is 12.8. The second kappa shape index (κ2) is 6.87. The number of non-ortho nitro benzene ring substituents is 1. The van der Waals surface area contributed by atoms with Gasteiger partial charge in [-0.15, -0.1) is 0 Å². The molecule has 0 atom stereocenters. The van der Waals surface area contributed by atoms with Gasteiger partial charge in [0, 0.05) is 17.4 Å². The van der Waals surface area contributed by atoms with E-state index in [0.717, 1.165) is 23.1 Å². The normalized spacial score (nSPS) is 10.5. The first-order valence-corrected chi connectivity index (χ1v) is 7.19. The third-order valence-electron chi connectivity index (χ3n) is 3.29. The van der Waals surface area contributed by atoms with Crippen LogP contribution in [0.15, 0.2) is 36.8 Å². The highest BCUT2D eigenvalue weighted by Gasteiger charge is 2.16. The highest BCUT2D eigenvalue weighted by atomic mass is 16.6. The number of aromatic nitrogens is 5. The molecule has 14 heteroatoms. The summed E-state index contributed by atoms with van der Waals surface area (Å²) in [6.07, 6.45) is 2.59. The number of hydrogen-bond acceptors (Lipinski definition) is 9. The Labute approximate surface area is 149 Å². The maximum Gasteiger partial charge on any atom is 0.491 e. The highest BCUT2D eigenvalue weighted by molar-refractivity contribution is 6.03. The molecule has 2 heterocycles. The van der Waals surface area contributed by atoms with Gasteiger partial charge >= 0.3 is 5.95 Å². The summed E-state index contributed by atoms with van der Waals surface area (Å²) < 4.78 is 2.46. The van der Waals surface area contributed by atoms with Crippen LogP contribution in [0.2, 0.25) is 0 Å². The lowest BCUT2D eigenvalue weighted by atomic mass is 10.2. The van der Waals surface area contributed by atoms with E-state index in [1.165, 1.54) is 23.0 Å². The Kier molecular flexibility index (Phi) is 4.44. The smallest absolute Gasteiger partial charge is 0.491 e. The van der Waals surface area contributed by atoms with Gasteiger partial charge in [0.15, 0.2) is 12.4 Å². The average molecular weight is 374 g/mol. The number of hydrogen-bond donors (Lipinski definition) is 2. The Hall–Kier alpha value is -4.36. The molecule has 0 fully saturated rings. The molecule has 0 saturated heterocycles. The van der Waals surface area contributed by atoms with Crippen molar-refractivity contribution in [2.75, 3.05) is 5.32 Å². The van der Waals surface area contributed by atoms with Crippen molar-refractivity contribution in [3.63, 3.8) is 0 Å². The zero-order valence-corrected chi connectivity index (χ0v) is 13.3. The van der Waals surface area contributed by atoms with Crippen LogP contribution in [0.25, 0.3) is 0 Å². The largest absolute Gasteiger partial charge is 0.506 e. The second-order valence-corrected chi connectivity index (χ2v) is 5.14. The minimum Gasteiger partial charge on any atom is -0.506 e. The van der Waals surface area contributed by atoms with E-state index >= 15 is 0 Å². The van der Waals surface area contributed by atoms with Crippen LogP contribution >= 0.6 is 0 Å². The molecule has 138 valence electrons. The summed E-state index contributed by atoms with van der Waals surface area (Å²) >= 11 is 0. The van der Waals surface area contributed by atoms with Gasteiger partial charge in [-0.25, -0.2) is 4.68 Å². The quantitative estimate of drug-likeness (QED) is 0.357. The van der Waals surface area contributed by atoms with Crippen LogP contribution in [0, 0.1) is 20.2 Å². The van der Waals surface area contributed by atoms with E-state index in [0.29, 0.717) is 0 Å². The minimum atomic E-state index is -0.741. The van der Waals surface area contributed by atoms with Crippen molar-refractivity contribution in [3.8, 4) is 5.75 Å². The zero-order chi connectivity index (χ0) is 19.6. The van der Waals surface area contributed by atoms with Gasteiger partial charge in [0.2, 0.25) is 6.33 Å². The van der Waals surface area contributed by atoms with Crippen molar-refractivity contribution in [1.82, 2.24) is 24.5 Å². The number of amides is 1. The first-order valence-electron chi connectivity index (χ1n) is 7.19. The Morgan fingerprint density at radius 2 is 1.93 bits per heavy atom. The van der Waals surface area contributed by atoms with E-state index in [-0.39, 0.29) is 23.7 Å². The number of benzene rings is 1. The number of carbonyl (C=O) groups excluding carboxylic acids is 1. The van der Waals surface area contributed by atoms with Gasteiger partial charge < -0.3 is 20.5 Å². The van der Waals surface area contributed by atoms with E-state index < -0.39 is 27.5 Å². The summed E-state index contributed by atoms with van der Waals surface area (Å²) in [5.74, 6) is -1.69. The van der Waals surface area contributed by atoms with Crippen molar-refractivity contribution in [2.45, 2.75) is 6.67 Å². The lowest BCUT2D eigenvalue weighted by molar-refractivity contribution is -0.394. The summed E-state index contributed by atoms with van der Waals surface area (Å²) in [6, 6.07) is 4.61. The van der Waals surface area contributed by atoms with Crippen molar-refractivity contribution in [1.29, 1.82) is 0 Å². The lowest BCUT2D eigenvalue weighted by Gasteiger charge is -2.05. The average Bonchev–Trinajstić information content (AvgIpc) is 3.26.